The Kier molecular flexibility index (Phi) is 4.87. The van der Waals surface area contributed by atoms with E-state index in [1.807, 2.05) is 31.2 Å². The normalized spacial score (nSPS) is 13.0. The van der Waals surface area contributed by atoms with Gasteiger partial charge in [0.25, 0.3) is 0 Å². The fraction of sp³-hybridized carbons (Fsp3) is 0.200. The Morgan fingerprint density at radius 3 is 2.93 bits per heavy atom. The summed E-state index contributed by atoms with van der Waals surface area (Å²) in [6, 6.07) is 10.6. The Morgan fingerprint density at radius 1 is 1.30 bits per heavy atom. The molecule has 7 heteroatoms. The van der Waals surface area contributed by atoms with Crippen LogP contribution in [0.3, 0.4) is 0 Å². The number of carbonyl (C=O) groups is 1. The minimum atomic E-state index is -0.560. The van der Waals surface area contributed by atoms with Crippen LogP contribution in [-0.4, -0.2) is 17.7 Å². The van der Waals surface area contributed by atoms with Crippen molar-refractivity contribution in [2.45, 2.75) is 20.1 Å². The molecule has 1 aliphatic rings. The Labute approximate surface area is 159 Å². The van der Waals surface area contributed by atoms with Crippen molar-refractivity contribution in [1.29, 1.82) is 0 Å². The topological polar surface area (TPSA) is 57.7 Å². The lowest BCUT2D eigenvalue weighted by molar-refractivity contribution is -0.0183. The Bertz CT molecular complexity index is 984. The number of aromatic nitrogens is 1. The molecule has 1 aromatic heterocycles. The summed E-state index contributed by atoms with van der Waals surface area (Å²) in [6.45, 7) is 2.26. The van der Waals surface area contributed by atoms with E-state index in [-0.39, 0.29) is 25.7 Å². The van der Waals surface area contributed by atoms with Crippen molar-refractivity contribution < 1.29 is 23.4 Å². The van der Waals surface area contributed by atoms with E-state index in [0.29, 0.717) is 16.9 Å². The summed E-state index contributed by atoms with van der Waals surface area (Å²) < 4.78 is 29.7. The molecule has 1 aliphatic heterocycles. The Morgan fingerprint density at radius 2 is 2.11 bits per heavy atom. The average Bonchev–Trinajstić information content (AvgIpc) is 3.16. The molecule has 3 aromatic rings. The third kappa shape index (κ3) is 3.84. The van der Waals surface area contributed by atoms with Gasteiger partial charge in [-0.25, -0.2) is 14.2 Å². The first-order chi connectivity index (χ1) is 13.1. The van der Waals surface area contributed by atoms with Crippen LogP contribution in [0.25, 0.3) is 10.6 Å². The molecule has 4 rings (SSSR count). The molecule has 0 atom stereocenters. The number of ether oxygens (including phenoxy) is 3. The second-order valence-electron chi connectivity index (χ2n) is 6.14. The van der Waals surface area contributed by atoms with Gasteiger partial charge in [-0.15, -0.1) is 11.3 Å². The van der Waals surface area contributed by atoms with E-state index < -0.39 is 11.8 Å². The number of rotatable bonds is 4. The SMILES string of the molecule is Cc1ccc(-c2nc(C(=O)OCc3cc(F)cc4c3OCOC4)cs2)cc1. The van der Waals surface area contributed by atoms with Crippen LogP contribution < -0.4 is 4.74 Å². The third-order valence-electron chi connectivity index (χ3n) is 4.12. The average molecular weight is 385 g/mol. The highest BCUT2D eigenvalue weighted by Gasteiger charge is 2.19. The van der Waals surface area contributed by atoms with Crippen LogP contribution in [0.5, 0.6) is 5.75 Å². The largest absolute Gasteiger partial charge is 0.467 e. The lowest BCUT2D eigenvalue weighted by atomic mass is 10.1. The molecule has 0 N–H and O–H groups in total. The second-order valence-corrected chi connectivity index (χ2v) is 7.00. The molecule has 0 spiro atoms. The maximum atomic E-state index is 13.8. The Balaban J connectivity index is 1.48. The van der Waals surface area contributed by atoms with E-state index in [1.54, 1.807) is 5.38 Å². The number of nitrogens with zero attached hydrogens (tertiary/aromatic N) is 1. The van der Waals surface area contributed by atoms with E-state index in [9.17, 15) is 9.18 Å². The first-order valence-electron chi connectivity index (χ1n) is 8.31. The molecular formula is C20H16FNO4S. The quantitative estimate of drug-likeness (QED) is 0.620. The summed E-state index contributed by atoms with van der Waals surface area (Å²) in [6.07, 6.45) is 0. The molecule has 5 nitrogen and oxygen atoms in total. The van der Waals surface area contributed by atoms with Gasteiger partial charge < -0.3 is 14.2 Å². The molecule has 0 aliphatic carbocycles. The van der Waals surface area contributed by atoms with Crippen LogP contribution in [0.15, 0.2) is 41.8 Å². The summed E-state index contributed by atoms with van der Waals surface area (Å²) in [5.41, 5.74) is 3.39. The lowest BCUT2D eigenvalue weighted by Gasteiger charge is -2.20. The minimum absolute atomic E-state index is 0.0889. The van der Waals surface area contributed by atoms with Crippen molar-refractivity contribution in [3.8, 4) is 16.3 Å². The number of fused-ring (bicyclic) bond motifs is 1. The van der Waals surface area contributed by atoms with Crippen molar-refractivity contribution in [2.24, 2.45) is 0 Å². The zero-order valence-corrected chi connectivity index (χ0v) is 15.3. The van der Waals surface area contributed by atoms with Crippen molar-refractivity contribution >= 4 is 17.3 Å². The summed E-state index contributed by atoms with van der Waals surface area (Å²) in [7, 11) is 0. The van der Waals surface area contributed by atoms with E-state index in [0.717, 1.165) is 16.1 Å². The Hall–Kier alpha value is -2.77. The standard InChI is InChI=1S/C20H16FNO4S/c1-12-2-4-13(5-3-12)19-22-17(10-27-19)20(23)25-9-15-7-16(21)6-14-8-24-11-26-18(14)15/h2-7,10H,8-9,11H2,1H3. The maximum absolute atomic E-state index is 13.8. The highest BCUT2D eigenvalue weighted by molar-refractivity contribution is 7.13. The maximum Gasteiger partial charge on any atom is 0.358 e. The molecular weight excluding hydrogens is 369 g/mol. The predicted molar refractivity (Wildman–Crippen MR) is 98.1 cm³/mol. The van der Waals surface area contributed by atoms with E-state index in [2.05, 4.69) is 4.98 Å². The van der Waals surface area contributed by atoms with Crippen LogP contribution >= 0.6 is 11.3 Å². The smallest absolute Gasteiger partial charge is 0.358 e. The van der Waals surface area contributed by atoms with Gasteiger partial charge in [-0.2, -0.15) is 0 Å². The third-order valence-corrected chi connectivity index (χ3v) is 5.01. The van der Waals surface area contributed by atoms with Crippen molar-refractivity contribution in [3.05, 3.63) is 70.0 Å². The molecule has 2 aromatic carbocycles. The molecule has 138 valence electrons. The van der Waals surface area contributed by atoms with Gasteiger partial charge in [0.2, 0.25) is 0 Å². The van der Waals surface area contributed by atoms with Gasteiger partial charge in [0.15, 0.2) is 12.5 Å². The highest BCUT2D eigenvalue weighted by atomic mass is 32.1. The zero-order chi connectivity index (χ0) is 18.8. The number of carbonyl (C=O) groups excluding carboxylic acids is 1. The number of halogens is 1. The first kappa shape index (κ1) is 17.6. The number of aryl methyl sites for hydroxylation is 1. The number of hydrogen-bond donors (Lipinski definition) is 0. The molecule has 0 unspecified atom stereocenters. The fourth-order valence-corrected chi connectivity index (χ4v) is 3.57. The number of hydrogen-bond acceptors (Lipinski definition) is 6. The second kappa shape index (κ2) is 7.46. The van der Waals surface area contributed by atoms with Crippen LogP contribution in [0.1, 0.15) is 27.2 Å². The molecule has 0 saturated heterocycles. The molecule has 0 fully saturated rings. The van der Waals surface area contributed by atoms with Gasteiger partial charge in [0, 0.05) is 22.1 Å². The number of esters is 1. The number of benzene rings is 2. The first-order valence-corrected chi connectivity index (χ1v) is 9.19. The molecule has 0 bridgehead atoms. The van der Waals surface area contributed by atoms with Gasteiger partial charge in [0.1, 0.15) is 23.2 Å². The van der Waals surface area contributed by atoms with Gasteiger partial charge >= 0.3 is 5.97 Å². The lowest BCUT2D eigenvalue weighted by Crippen LogP contribution is -2.15. The predicted octanol–water partition coefficient (Wildman–Crippen LogP) is 4.48. The van der Waals surface area contributed by atoms with Crippen molar-refractivity contribution in [2.75, 3.05) is 6.79 Å². The molecule has 27 heavy (non-hydrogen) atoms. The van der Waals surface area contributed by atoms with Crippen molar-refractivity contribution in [1.82, 2.24) is 4.98 Å². The number of thiazole rings is 1. The summed E-state index contributed by atoms with van der Waals surface area (Å²) in [5, 5.41) is 2.40. The monoisotopic (exact) mass is 385 g/mol. The van der Waals surface area contributed by atoms with E-state index >= 15 is 0 Å². The zero-order valence-electron chi connectivity index (χ0n) is 14.5. The van der Waals surface area contributed by atoms with E-state index in [4.69, 9.17) is 14.2 Å². The minimum Gasteiger partial charge on any atom is -0.467 e. The van der Waals surface area contributed by atoms with Gasteiger partial charge in [0.05, 0.1) is 6.61 Å². The van der Waals surface area contributed by atoms with Crippen LogP contribution in [0.4, 0.5) is 4.39 Å². The molecule has 0 saturated carbocycles. The summed E-state index contributed by atoms with van der Waals surface area (Å²) >= 11 is 1.37. The molecule has 0 amide bonds. The van der Waals surface area contributed by atoms with Crippen LogP contribution in [0, 0.1) is 12.7 Å². The fourth-order valence-electron chi connectivity index (χ4n) is 2.78. The van der Waals surface area contributed by atoms with Crippen molar-refractivity contribution in [3.63, 3.8) is 0 Å². The van der Waals surface area contributed by atoms with Gasteiger partial charge in [-0.05, 0) is 19.1 Å². The summed E-state index contributed by atoms with van der Waals surface area (Å²) in [4.78, 5) is 16.7. The van der Waals surface area contributed by atoms with Gasteiger partial charge in [-0.3, -0.25) is 0 Å². The van der Waals surface area contributed by atoms with Crippen LogP contribution in [0.2, 0.25) is 0 Å². The molecule has 0 radical (unpaired) electrons. The van der Waals surface area contributed by atoms with Gasteiger partial charge in [-0.1, -0.05) is 29.8 Å². The molecule has 2 heterocycles. The van der Waals surface area contributed by atoms with E-state index in [1.165, 1.54) is 23.5 Å². The summed E-state index contributed by atoms with van der Waals surface area (Å²) in [5.74, 6) is -0.479. The highest BCUT2D eigenvalue weighted by Crippen LogP contribution is 2.30. The van der Waals surface area contributed by atoms with Crippen LogP contribution in [-0.2, 0) is 22.7 Å².